The van der Waals surface area contributed by atoms with Crippen LogP contribution in [0.25, 0.3) is 0 Å². The quantitative estimate of drug-likeness (QED) is 0.778. The molecule has 0 saturated heterocycles. The van der Waals surface area contributed by atoms with Gasteiger partial charge in [-0.05, 0) is 37.5 Å². The second-order valence-corrected chi connectivity index (χ2v) is 6.28. The number of halogens is 2. The Balaban J connectivity index is 2.28. The number of hydrogen-bond acceptors (Lipinski definition) is 2. The number of nitrogens with zero attached hydrogens (tertiary/aromatic N) is 3. The van der Waals surface area contributed by atoms with Gasteiger partial charge in [0.25, 0.3) is 5.91 Å². The van der Waals surface area contributed by atoms with Gasteiger partial charge in [-0.3, -0.25) is 4.79 Å². The maximum absolute atomic E-state index is 13.0. The smallest absolute Gasteiger partial charge is 0.258 e. The Morgan fingerprint density at radius 1 is 1.29 bits per heavy atom. The van der Waals surface area contributed by atoms with Gasteiger partial charge in [-0.15, -0.1) is 0 Å². The van der Waals surface area contributed by atoms with E-state index in [0.29, 0.717) is 23.0 Å². The van der Waals surface area contributed by atoms with Crippen LogP contribution >= 0.6 is 11.6 Å². The van der Waals surface area contributed by atoms with Crippen LogP contribution < -0.4 is 0 Å². The monoisotopic (exact) mass is 351 g/mol. The maximum atomic E-state index is 13.0. The minimum atomic E-state index is -0.288. The molecule has 2 aromatic rings. The predicted octanol–water partition coefficient (Wildman–Crippen LogP) is 4.29. The molecular formula is C18H23ClFN3O. The summed E-state index contributed by atoms with van der Waals surface area (Å²) in [6.45, 7) is 6.29. The second-order valence-electron chi connectivity index (χ2n) is 5.92. The highest BCUT2D eigenvalue weighted by atomic mass is 35.5. The number of carbonyl (C=O) groups is 1. The molecule has 1 amide bonds. The van der Waals surface area contributed by atoms with Crippen LogP contribution in [0.1, 0.15) is 48.3 Å². The zero-order chi connectivity index (χ0) is 17.9. The standard InChI is InChI=1S/C18H23ClFN3O/c1-5-15(6-2)22(4)18(24)16-12(3)21-23(17(16)19)11-13-7-9-14(20)10-8-13/h7-10,15H,5-6,11H2,1-4H3. The zero-order valence-corrected chi connectivity index (χ0v) is 15.3. The molecule has 0 radical (unpaired) electrons. The topological polar surface area (TPSA) is 38.1 Å². The maximum Gasteiger partial charge on any atom is 0.258 e. The van der Waals surface area contributed by atoms with Crippen molar-refractivity contribution >= 4 is 17.5 Å². The molecule has 0 aliphatic heterocycles. The number of carbonyl (C=O) groups excluding carboxylic acids is 1. The summed E-state index contributed by atoms with van der Waals surface area (Å²) >= 11 is 6.42. The normalized spacial score (nSPS) is 11.1. The third-order valence-electron chi connectivity index (χ3n) is 4.34. The van der Waals surface area contributed by atoms with E-state index in [0.717, 1.165) is 18.4 Å². The first-order chi connectivity index (χ1) is 11.4. The van der Waals surface area contributed by atoms with Crippen molar-refractivity contribution in [1.29, 1.82) is 0 Å². The highest BCUT2D eigenvalue weighted by Gasteiger charge is 2.26. The number of aromatic nitrogens is 2. The Hall–Kier alpha value is -1.88. The summed E-state index contributed by atoms with van der Waals surface area (Å²) in [7, 11) is 1.80. The summed E-state index contributed by atoms with van der Waals surface area (Å²) in [6, 6.07) is 6.33. The van der Waals surface area contributed by atoms with Crippen molar-refractivity contribution in [2.24, 2.45) is 0 Å². The van der Waals surface area contributed by atoms with Crippen LogP contribution in [0.5, 0.6) is 0 Å². The van der Waals surface area contributed by atoms with E-state index in [1.54, 1.807) is 35.7 Å². The predicted molar refractivity (Wildman–Crippen MR) is 93.9 cm³/mol. The van der Waals surface area contributed by atoms with Crippen molar-refractivity contribution in [3.05, 3.63) is 52.1 Å². The molecule has 130 valence electrons. The molecule has 0 atom stereocenters. The molecule has 24 heavy (non-hydrogen) atoms. The Labute approximate surface area is 147 Å². The van der Waals surface area contributed by atoms with Gasteiger partial charge in [0.15, 0.2) is 0 Å². The minimum absolute atomic E-state index is 0.114. The Bertz CT molecular complexity index is 708. The van der Waals surface area contributed by atoms with Crippen molar-refractivity contribution < 1.29 is 9.18 Å². The first-order valence-electron chi connectivity index (χ1n) is 8.13. The average Bonchev–Trinajstić information content (AvgIpc) is 2.84. The van der Waals surface area contributed by atoms with E-state index in [1.165, 1.54) is 12.1 Å². The third kappa shape index (κ3) is 3.78. The van der Waals surface area contributed by atoms with Crippen molar-refractivity contribution in [1.82, 2.24) is 14.7 Å². The zero-order valence-electron chi connectivity index (χ0n) is 14.5. The number of rotatable bonds is 6. The van der Waals surface area contributed by atoms with Crippen LogP contribution in [0.15, 0.2) is 24.3 Å². The fourth-order valence-corrected chi connectivity index (χ4v) is 3.16. The van der Waals surface area contributed by atoms with Gasteiger partial charge < -0.3 is 4.90 Å². The third-order valence-corrected chi connectivity index (χ3v) is 4.72. The molecule has 2 rings (SSSR count). The van der Waals surface area contributed by atoms with Crippen LogP contribution in [-0.4, -0.2) is 33.7 Å². The summed E-state index contributed by atoms with van der Waals surface area (Å²) in [5, 5.41) is 4.70. The molecule has 0 aliphatic carbocycles. The van der Waals surface area contributed by atoms with Crippen LogP contribution in [0.3, 0.4) is 0 Å². The minimum Gasteiger partial charge on any atom is -0.339 e. The molecule has 1 aromatic carbocycles. The molecule has 1 heterocycles. The van der Waals surface area contributed by atoms with E-state index in [4.69, 9.17) is 11.6 Å². The van der Waals surface area contributed by atoms with Gasteiger partial charge in [0.05, 0.1) is 17.8 Å². The number of amides is 1. The highest BCUT2D eigenvalue weighted by Crippen LogP contribution is 2.24. The van der Waals surface area contributed by atoms with Crippen molar-refractivity contribution in [2.75, 3.05) is 7.05 Å². The van der Waals surface area contributed by atoms with Gasteiger partial charge >= 0.3 is 0 Å². The van der Waals surface area contributed by atoms with Crippen LogP contribution in [-0.2, 0) is 6.54 Å². The summed E-state index contributed by atoms with van der Waals surface area (Å²) < 4.78 is 14.6. The lowest BCUT2D eigenvalue weighted by molar-refractivity contribution is 0.0723. The molecule has 0 N–H and O–H groups in total. The molecule has 0 saturated carbocycles. The molecule has 0 unspecified atom stereocenters. The van der Waals surface area contributed by atoms with Crippen molar-refractivity contribution in [3.63, 3.8) is 0 Å². The van der Waals surface area contributed by atoms with E-state index in [9.17, 15) is 9.18 Å². The van der Waals surface area contributed by atoms with Crippen molar-refractivity contribution in [2.45, 2.75) is 46.2 Å². The molecule has 0 bridgehead atoms. The molecule has 6 heteroatoms. The molecular weight excluding hydrogens is 329 g/mol. The summed E-state index contributed by atoms with van der Waals surface area (Å²) in [4.78, 5) is 14.5. The van der Waals surface area contributed by atoms with Gasteiger partial charge in [0.2, 0.25) is 0 Å². The SMILES string of the molecule is CCC(CC)N(C)C(=O)c1c(C)nn(Cc2ccc(F)cc2)c1Cl. The number of hydrogen-bond donors (Lipinski definition) is 0. The van der Waals surface area contributed by atoms with Crippen LogP contribution in [0.2, 0.25) is 5.15 Å². The Morgan fingerprint density at radius 3 is 2.42 bits per heavy atom. The van der Waals surface area contributed by atoms with E-state index >= 15 is 0 Å². The van der Waals surface area contributed by atoms with Crippen LogP contribution in [0.4, 0.5) is 4.39 Å². The average molecular weight is 352 g/mol. The molecule has 1 aromatic heterocycles. The van der Waals surface area contributed by atoms with Gasteiger partial charge in [-0.25, -0.2) is 9.07 Å². The van der Waals surface area contributed by atoms with E-state index < -0.39 is 0 Å². The molecule has 4 nitrogen and oxygen atoms in total. The van der Waals surface area contributed by atoms with E-state index in [1.807, 2.05) is 0 Å². The van der Waals surface area contributed by atoms with E-state index in [2.05, 4.69) is 18.9 Å². The lowest BCUT2D eigenvalue weighted by atomic mass is 10.1. The van der Waals surface area contributed by atoms with Gasteiger partial charge in [0, 0.05) is 13.1 Å². The second kappa shape index (κ2) is 7.79. The lowest BCUT2D eigenvalue weighted by Gasteiger charge is -2.26. The summed E-state index contributed by atoms with van der Waals surface area (Å²) in [5.41, 5.74) is 1.91. The highest BCUT2D eigenvalue weighted by molar-refractivity contribution is 6.33. The first kappa shape index (κ1) is 18.5. The summed E-state index contributed by atoms with van der Waals surface area (Å²) in [5.74, 6) is -0.402. The largest absolute Gasteiger partial charge is 0.339 e. The van der Waals surface area contributed by atoms with Crippen LogP contribution in [0, 0.1) is 12.7 Å². The fourth-order valence-electron chi connectivity index (χ4n) is 2.84. The molecule has 0 fully saturated rings. The number of benzene rings is 1. The first-order valence-corrected chi connectivity index (χ1v) is 8.51. The van der Waals surface area contributed by atoms with Gasteiger partial charge in [0.1, 0.15) is 11.0 Å². The van der Waals surface area contributed by atoms with Gasteiger partial charge in [-0.1, -0.05) is 37.6 Å². The van der Waals surface area contributed by atoms with Gasteiger partial charge in [-0.2, -0.15) is 5.10 Å². The number of aryl methyl sites for hydroxylation is 1. The fraction of sp³-hybridized carbons (Fsp3) is 0.444. The van der Waals surface area contributed by atoms with E-state index in [-0.39, 0.29) is 17.8 Å². The summed E-state index contributed by atoms with van der Waals surface area (Å²) in [6.07, 6.45) is 1.78. The molecule has 0 spiro atoms. The Kier molecular flexibility index (Phi) is 5.99. The Morgan fingerprint density at radius 2 is 1.88 bits per heavy atom. The lowest BCUT2D eigenvalue weighted by Crippen LogP contribution is -2.36. The molecule has 0 aliphatic rings. The van der Waals surface area contributed by atoms with Crippen molar-refractivity contribution in [3.8, 4) is 0 Å².